The second kappa shape index (κ2) is 5.67. The molecule has 2 aliphatic heterocycles. The number of carboxylic acid groups (broad SMARTS) is 1. The van der Waals surface area contributed by atoms with Crippen molar-refractivity contribution in [2.75, 3.05) is 19.8 Å². The van der Waals surface area contributed by atoms with Crippen molar-refractivity contribution >= 4 is 11.9 Å². The predicted octanol–water partition coefficient (Wildman–Crippen LogP) is 0.305. The summed E-state index contributed by atoms with van der Waals surface area (Å²) < 4.78 is 10.5. The van der Waals surface area contributed by atoms with Gasteiger partial charge >= 0.3 is 5.97 Å². The molecule has 2 N–H and O–H groups in total. The fourth-order valence-corrected chi connectivity index (χ4v) is 2.38. The van der Waals surface area contributed by atoms with Crippen molar-refractivity contribution in [1.82, 2.24) is 5.32 Å². The van der Waals surface area contributed by atoms with Crippen LogP contribution in [0.4, 0.5) is 0 Å². The lowest BCUT2D eigenvalue weighted by molar-refractivity contribution is -0.147. The molecule has 6 heteroatoms. The molecule has 6 nitrogen and oxygen atoms in total. The summed E-state index contributed by atoms with van der Waals surface area (Å²) in [5, 5.41) is 11.8. The van der Waals surface area contributed by atoms with Crippen LogP contribution in [-0.4, -0.2) is 48.4 Å². The fraction of sp³-hybridized carbons (Fsp3) is 0.833. The molecule has 2 fully saturated rings. The van der Waals surface area contributed by atoms with Gasteiger partial charge in [-0.1, -0.05) is 0 Å². The summed E-state index contributed by atoms with van der Waals surface area (Å²) in [5.41, 5.74) is -1.23. The number of ether oxygens (including phenoxy) is 2. The van der Waals surface area contributed by atoms with E-state index in [2.05, 4.69) is 5.32 Å². The molecule has 2 atom stereocenters. The van der Waals surface area contributed by atoms with Crippen LogP contribution in [-0.2, 0) is 19.1 Å². The van der Waals surface area contributed by atoms with E-state index in [0.29, 0.717) is 25.9 Å². The van der Waals surface area contributed by atoms with Crippen LogP contribution in [0.15, 0.2) is 0 Å². The smallest absolute Gasteiger partial charge is 0.331 e. The molecule has 2 rings (SSSR count). The number of carbonyl (C=O) groups is 2. The Morgan fingerprint density at radius 1 is 1.39 bits per heavy atom. The average Bonchev–Trinajstić information content (AvgIpc) is 2.97. The van der Waals surface area contributed by atoms with Gasteiger partial charge in [-0.05, 0) is 19.3 Å². The maximum atomic E-state index is 11.8. The van der Waals surface area contributed by atoms with Gasteiger partial charge in [0.15, 0.2) is 5.54 Å². The van der Waals surface area contributed by atoms with Crippen molar-refractivity contribution < 1.29 is 24.2 Å². The van der Waals surface area contributed by atoms with Gasteiger partial charge in [0, 0.05) is 26.1 Å². The summed E-state index contributed by atoms with van der Waals surface area (Å²) in [7, 11) is 0. The van der Waals surface area contributed by atoms with E-state index in [9.17, 15) is 14.7 Å². The monoisotopic (exact) mass is 257 g/mol. The standard InChI is InChI=1S/C12H19NO5/c14-10(4-3-9-2-1-6-18-9)13-12(11(15)16)5-7-17-8-12/h9H,1-8H2,(H,13,14)(H,15,16). The number of nitrogens with one attached hydrogen (secondary N) is 1. The quantitative estimate of drug-likeness (QED) is 0.740. The molecule has 2 unspecified atom stereocenters. The molecular weight excluding hydrogens is 238 g/mol. The average molecular weight is 257 g/mol. The highest BCUT2D eigenvalue weighted by Crippen LogP contribution is 2.20. The lowest BCUT2D eigenvalue weighted by Gasteiger charge is -2.23. The molecule has 2 aliphatic rings. The first-order valence-electron chi connectivity index (χ1n) is 6.36. The van der Waals surface area contributed by atoms with Crippen LogP contribution in [0.5, 0.6) is 0 Å². The summed E-state index contributed by atoms with van der Waals surface area (Å²) in [6.07, 6.45) is 3.46. The van der Waals surface area contributed by atoms with Crippen LogP contribution in [0.25, 0.3) is 0 Å². The molecule has 0 spiro atoms. The first-order chi connectivity index (χ1) is 8.62. The Morgan fingerprint density at radius 2 is 2.22 bits per heavy atom. The summed E-state index contributed by atoms with van der Waals surface area (Å²) >= 11 is 0. The molecule has 18 heavy (non-hydrogen) atoms. The Hall–Kier alpha value is -1.14. The van der Waals surface area contributed by atoms with Gasteiger partial charge < -0.3 is 19.9 Å². The molecule has 2 saturated heterocycles. The lowest BCUT2D eigenvalue weighted by atomic mass is 9.98. The number of hydrogen-bond donors (Lipinski definition) is 2. The lowest BCUT2D eigenvalue weighted by Crippen LogP contribution is -2.55. The third-order valence-electron chi connectivity index (χ3n) is 3.53. The SMILES string of the molecule is O=C(CCC1CCCO1)NC1(C(=O)O)CCOC1. The van der Waals surface area contributed by atoms with E-state index in [4.69, 9.17) is 9.47 Å². The van der Waals surface area contributed by atoms with Crippen molar-refractivity contribution in [1.29, 1.82) is 0 Å². The van der Waals surface area contributed by atoms with Crippen LogP contribution in [0.3, 0.4) is 0 Å². The molecule has 0 bridgehead atoms. The summed E-state index contributed by atoms with van der Waals surface area (Å²) in [5.74, 6) is -1.26. The minimum absolute atomic E-state index is 0.0496. The molecule has 0 aromatic heterocycles. The molecule has 0 aromatic rings. The Balaban J connectivity index is 1.80. The van der Waals surface area contributed by atoms with E-state index in [1.165, 1.54) is 0 Å². The maximum Gasteiger partial charge on any atom is 0.331 e. The van der Waals surface area contributed by atoms with E-state index in [-0.39, 0.29) is 18.6 Å². The Bertz CT molecular complexity index is 318. The predicted molar refractivity (Wildman–Crippen MR) is 62.2 cm³/mol. The normalized spacial score (nSPS) is 31.4. The summed E-state index contributed by atoms with van der Waals surface area (Å²) in [6, 6.07) is 0. The maximum absolute atomic E-state index is 11.8. The van der Waals surface area contributed by atoms with Gasteiger partial charge in [0.25, 0.3) is 0 Å². The molecule has 0 radical (unpaired) electrons. The van der Waals surface area contributed by atoms with Crippen molar-refractivity contribution in [3.8, 4) is 0 Å². The van der Waals surface area contributed by atoms with E-state index in [0.717, 1.165) is 19.4 Å². The largest absolute Gasteiger partial charge is 0.479 e. The molecule has 0 aliphatic carbocycles. The minimum Gasteiger partial charge on any atom is -0.479 e. The molecule has 0 saturated carbocycles. The zero-order valence-corrected chi connectivity index (χ0v) is 10.3. The van der Waals surface area contributed by atoms with Gasteiger partial charge in [-0.3, -0.25) is 4.79 Å². The minimum atomic E-state index is -1.23. The highest BCUT2D eigenvalue weighted by molar-refractivity contribution is 5.87. The van der Waals surface area contributed by atoms with E-state index in [1.54, 1.807) is 0 Å². The number of carbonyl (C=O) groups excluding carboxylic acids is 1. The third-order valence-corrected chi connectivity index (χ3v) is 3.53. The zero-order valence-electron chi connectivity index (χ0n) is 10.3. The Kier molecular flexibility index (Phi) is 4.19. The van der Waals surface area contributed by atoms with Crippen LogP contribution in [0.2, 0.25) is 0 Å². The van der Waals surface area contributed by atoms with Gasteiger partial charge in [-0.2, -0.15) is 0 Å². The van der Waals surface area contributed by atoms with E-state index < -0.39 is 11.5 Å². The summed E-state index contributed by atoms with van der Waals surface area (Å²) in [6.45, 7) is 1.19. The van der Waals surface area contributed by atoms with E-state index >= 15 is 0 Å². The number of amides is 1. The van der Waals surface area contributed by atoms with Crippen LogP contribution < -0.4 is 5.32 Å². The van der Waals surface area contributed by atoms with Crippen molar-refractivity contribution in [2.45, 2.75) is 43.7 Å². The summed E-state index contributed by atoms with van der Waals surface area (Å²) in [4.78, 5) is 23.0. The second-order valence-corrected chi connectivity index (χ2v) is 4.91. The van der Waals surface area contributed by atoms with Crippen LogP contribution in [0, 0.1) is 0 Å². The van der Waals surface area contributed by atoms with Gasteiger partial charge in [0.1, 0.15) is 0 Å². The Labute approximate surface area is 106 Å². The van der Waals surface area contributed by atoms with Gasteiger partial charge in [-0.25, -0.2) is 4.79 Å². The molecular formula is C12H19NO5. The highest BCUT2D eigenvalue weighted by atomic mass is 16.5. The third kappa shape index (κ3) is 3.00. The molecule has 1 amide bonds. The number of rotatable bonds is 5. The number of aliphatic carboxylic acids is 1. The first kappa shape index (κ1) is 13.3. The molecule has 0 aromatic carbocycles. The van der Waals surface area contributed by atoms with Gasteiger partial charge in [-0.15, -0.1) is 0 Å². The zero-order chi connectivity index (χ0) is 13.0. The van der Waals surface area contributed by atoms with E-state index in [1.807, 2.05) is 0 Å². The Morgan fingerprint density at radius 3 is 2.78 bits per heavy atom. The van der Waals surface area contributed by atoms with Crippen molar-refractivity contribution in [3.63, 3.8) is 0 Å². The molecule has 2 heterocycles. The molecule has 102 valence electrons. The topological polar surface area (TPSA) is 84.9 Å². The van der Waals surface area contributed by atoms with Crippen molar-refractivity contribution in [2.24, 2.45) is 0 Å². The number of hydrogen-bond acceptors (Lipinski definition) is 4. The van der Waals surface area contributed by atoms with Gasteiger partial charge in [0.2, 0.25) is 5.91 Å². The second-order valence-electron chi connectivity index (χ2n) is 4.91. The fourth-order valence-electron chi connectivity index (χ4n) is 2.38. The number of carboxylic acids is 1. The van der Waals surface area contributed by atoms with Crippen molar-refractivity contribution in [3.05, 3.63) is 0 Å². The first-order valence-corrected chi connectivity index (χ1v) is 6.36. The van der Waals surface area contributed by atoms with Crippen LogP contribution in [0.1, 0.15) is 32.1 Å². The van der Waals surface area contributed by atoms with Gasteiger partial charge in [0.05, 0.1) is 12.7 Å². The highest BCUT2D eigenvalue weighted by Gasteiger charge is 2.43. The van der Waals surface area contributed by atoms with Crippen LogP contribution >= 0.6 is 0 Å².